The molecule has 1 aliphatic rings. The molecule has 1 aliphatic heterocycles. The fourth-order valence-electron chi connectivity index (χ4n) is 3.43. The van der Waals surface area contributed by atoms with Crippen LogP contribution in [0, 0.1) is 0 Å². The van der Waals surface area contributed by atoms with Gasteiger partial charge in [0.15, 0.2) is 0 Å². The molecule has 7 nitrogen and oxygen atoms in total. The van der Waals surface area contributed by atoms with E-state index in [1.807, 2.05) is 30.3 Å². The Hall–Kier alpha value is -3.23. The summed E-state index contributed by atoms with van der Waals surface area (Å²) in [6, 6.07) is 17.1. The van der Waals surface area contributed by atoms with Crippen LogP contribution in [0.15, 0.2) is 65.6 Å². The van der Waals surface area contributed by atoms with Gasteiger partial charge in [0, 0.05) is 30.7 Å². The van der Waals surface area contributed by atoms with Crippen molar-refractivity contribution in [1.29, 1.82) is 0 Å². The zero-order valence-corrected chi connectivity index (χ0v) is 16.7. The summed E-state index contributed by atoms with van der Waals surface area (Å²) in [6.45, 7) is -0.169. The number of hydrogen-bond acceptors (Lipinski definition) is 4. The van der Waals surface area contributed by atoms with Crippen LogP contribution in [0.2, 0.25) is 0 Å². The second-order valence-corrected chi connectivity index (χ2v) is 9.09. The number of sulfonamides is 1. The lowest BCUT2D eigenvalue weighted by Crippen LogP contribution is -2.35. The Morgan fingerprint density at radius 1 is 1.03 bits per heavy atom. The third-order valence-electron chi connectivity index (χ3n) is 4.85. The molecule has 2 amide bonds. The second-order valence-electron chi connectivity index (χ2n) is 6.94. The fourth-order valence-corrected chi connectivity index (χ4v) is 4.37. The zero-order chi connectivity index (χ0) is 20.8. The van der Waals surface area contributed by atoms with Gasteiger partial charge in [0.1, 0.15) is 6.54 Å². The third-order valence-corrected chi connectivity index (χ3v) is 6.66. The molecule has 0 bridgehead atoms. The molecule has 8 heteroatoms. The monoisotopic (exact) mass is 409 g/mol. The number of anilines is 2. The first kappa shape index (κ1) is 19.1. The van der Waals surface area contributed by atoms with Crippen molar-refractivity contribution in [3.05, 3.63) is 66.2 Å². The third kappa shape index (κ3) is 3.26. The van der Waals surface area contributed by atoms with Gasteiger partial charge in [0.2, 0.25) is 15.9 Å². The Balaban J connectivity index is 1.56. The number of nitrogens with zero attached hydrogens (tertiary/aromatic N) is 2. The molecular weight excluding hydrogens is 390 g/mol. The van der Waals surface area contributed by atoms with Gasteiger partial charge in [-0.25, -0.2) is 12.7 Å². The average molecular weight is 409 g/mol. The topological polar surface area (TPSA) is 86.8 Å². The van der Waals surface area contributed by atoms with E-state index in [0.29, 0.717) is 16.9 Å². The van der Waals surface area contributed by atoms with Gasteiger partial charge in [-0.05, 0) is 35.7 Å². The Bertz CT molecular complexity index is 1250. The number of carbonyl (C=O) groups excluding carboxylic acids is 2. The van der Waals surface area contributed by atoms with Crippen molar-refractivity contribution in [2.45, 2.75) is 4.90 Å². The van der Waals surface area contributed by atoms with E-state index in [-0.39, 0.29) is 17.3 Å². The number of benzene rings is 3. The minimum Gasteiger partial charge on any atom is -0.324 e. The highest BCUT2D eigenvalue weighted by Gasteiger charge is 2.30. The first-order chi connectivity index (χ1) is 13.8. The molecule has 0 fully saturated rings. The van der Waals surface area contributed by atoms with Crippen molar-refractivity contribution in [1.82, 2.24) is 4.31 Å². The number of carbonyl (C=O) groups is 2. The van der Waals surface area contributed by atoms with Gasteiger partial charge in [-0.2, -0.15) is 0 Å². The van der Waals surface area contributed by atoms with Gasteiger partial charge < -0.3 is 5.32 Å². The average Bonchev–Trinajstić information content (AvgIpc) is 2.96. The van der Waals surface area contributed by atoms with Gasteiger partial charge >= 0.3 is 0 Å². The predicted octanol–water partition coefficient (Wildman–Crippen LogP) is 2.69. The quantitative estimate of drug-likeness (QED) is 0.702. The predicted molar refractivity (Wildman–Crippen MR) is 112 cm³/mol. The van der Waals surface area contributed by atoms with Crippen molar-refractivity contribution in [3.63, 3.8) is 0 Å². The van der Waals surface area contributed by atoms with Crippen LogP contribution in [0.1, 0.15) is 10.4 Å². The van der Waals surface area contributed by atoms with E-state index >= 15 is 0 Å². The van der Waals surface area contributed by atoms with Gasteiger partial charge in [-0.15, -0.1) is 0 Å². The number of hydrogen-bond donors (Lipinski definition) is 1. The normalized spacial score (nSPS) is 13.3. The lowest BCUT2D eigenvalue weighted by Gasteiger charge is -2.17. The van der Waals surface area contributed by atoms with Crippen molar-refractivity contribution >= 4 is 44.0 Å². The molecule has 29 heavy (non-hydrogen) atoms. The van der Waals surface area contributed by atoms with Crippen LogP contribution in [0.3, 0.4) is 0 Å². The zero-order valence-electron chi connectivity index (χ0n) is 15.9. The summed E-state index contributed by atoms with van der Waals surface area (Å²) in [4.78, 5) is 26.9. The van der Waals surface area contributed by atoms with Crippen LogP contribution >= 0.6 is 0 Å². The van der Waals surface area contributed by atoms with Gasteiger partial charge in [-0.3, -0.25) is 14.5 Å². The van der Waals surface area contributed by atoms with Gasteiger partial charge in [-0.1, -0.05) is 30.3 Å². The first-order valence-corrected chi connectivity index (χ1v) is 10.4. The van der Waals surface area contributed by atoms with Crippen LogP contribution in [0.5, 0.6) is 0 Å². The van der Waals surface area contributed by atoms with Crippen molar-refractivity contribution in [3.8, 4) is 0 Å². The van der Waals surface area contributed by atoms with E-state index in [4.69, 9.17) is 0 Å². The van der Waals surface area contributed by atoms with E-state index in [9.17, 15) is 18.0 Å². The summed E-state index contributed by atoms with van der Waals surface area (Å²) < 4.78 is 25.7. The molecule has 0 saturated carbocycles. The summed E-state index contributed by atoms with van der Waals surface area (Å²) in [6.07, 6.45) is 0. The minimum absolute atomic E-state index is 0.0784. The fraction of sp³-hybridized carbons (Fsp3) is 0.143. The maximum absolute atomic E-state index is 12.8. The largest absolute Gasteiger partial charge is 0.324 e. The Kier molecular flexibility index (Phi) is 4.60. The van der Waals surface area contributed by atoms with Crippen LogP contribution in [0.25, 0.3) is 10.8 Å². The molecule has 1 heterocycles. The van der Waals surface area contributed by atoms with E-state index in [0.717, 1.165) is 15.1 Å². The summed E-state index contributed by atoms with van der Waals surface area (Å²) in [5.41, 5.74) is 1.62. The lowest BCUT2D eigenvalue weighted by molar-refractivity contribution is -0.114. The highest BCUT2D eigenvalue weighted by molar-refractivity contribution is 7.89. The SMILES string of the molecule is CN(C)S(=O)(=O)c1cccc(NC(=O)CN2C(=O)c3cccc4cccc2c34)c1. The summed E-state index contributed by atoms with van der Waals surface area (Å²) in [5, 5.41) is 4.47. The van der Waals surface area contributed by atoms with Crippen LogP contribution in [0.4, 0.5) is 11.4 Å². The van der Waals surface area contributed by atoms with Gasteiger partial charge in [0.05, 0.1) is 10.6 Å². The molecule has 0 atom stereocenters. The molecule has 4 rings (SSSR count). The Morgan fingerprint density at radius 2 is 1.72 bits per heavy atom. The highest BCUT2D eigenvalue weighted by atomic mass is 32.2. The molecule has 0 saturated heterocycles. The van der Waals surface area contributed by atoms with Crippen LogP contribution in [-0.2, 0) is 14.8 Å². The molecule has 0 unspecified atom stereocenters. The van der Waals surface area contributed by atoms with Crippen LogP contribution < -0.4 is 10.2 Å². The molecule has 0 aromatic heterocycles. The summed E-state index contributed by atoms with van der Waals surface area (Å²) >= 11 is 0. The lowest BCUT2D eigenvalue weighted by atomic mass is 10.1. The Labute approximate surface area is 168 Å². The second kappa shape index (κ2) is 6.98. The number of amides is 2. The van der Waals surface area contributed by atoms with Crippen LogP contribution in [-0.4, -0.2) is 45.2 Å². The molecule has 0 radical (unpaired) electrons. The van der Waals surface area contributed by atoms with E-state index < -0.39 is 15.9 Å². The minimum atomic E-state index is -3.61. The van der Waals surface area contributed by atoms with Gasteiger partial charge in [0.25, 0.3) is 5.91 Å². The highest BCUT2D eigenvalue weighted by Crippen LogP contribution is 2.36. The molecule has 0 spiro atoms. The maximum atomic E-state index is 12.8. The van der Waals surface area contributed by atoms with E-state index in [1.165, 1.54) is 31.1 Å². The number of nitrogens with one attached hydrogen (secondary N) is 1. The van der Waals surface area contributed by atoms with Crippen molar-refractivity contribution in [2.24, 2.45) is 0 Å². The Morgan fingerprint density at radius 3 is 2.45 bits per heavy atom. The molecule has 3 aromatic rings. The van der Waals surface area contributed by atoms with Crippen molar-refractivity contribution in [2.75, 3.05) is 30.9 Å². The molecule has 1 N–H and O–H groups in total. The van der Waals surface area contributed by atoms with E-state index in [2.05, 4.69) is 5.32 Å². The maximum Gasteiger partial charge on any atom is 0.259 e. The van der Waals surface area contributed by atoms with E-state index in [1.54, 1.807) is 18.2 Å². The number of rotatable bonds is 5. The molecular formula is C21H19N3O4S. The van der Waals surface area contributed by atoms with Crippen molar-refractivity contribution < 1.29 is 18.0 Å². The summed E-state index contributed by atoms with van der Waals surface area (Å²) in [7, 11) is -0.727. The first-order valence-electron chi connectivity index (χ1n) is 8.95. The smallest absolute Gasteiger partial charge is 0.259 e. The molecule has 0 aliphatic carbocycles. The summed E-state index contributed by atoms with van der Waals surface area (Å²) in [5.74, 6) is -0.640. The molecule has 148 valence electrons. The standard InChI is InChI=1S/C21H19N3O4S/c1-23(2)29(27,28)16-9-5-8-15(12-16)22-19(25)13-24-18-11-4-7-14-6-3-10-17(20(14)18)21(24)26/h3-12H,13H2,1-2H3,(H,22,25). The molecule has 3 aromatic carbocycles.